The zero-order valence-electron chi connectivity index (χ0n) is 4.52. The Bertz CT molecular complexity index is 76.2. The molecule has 7 heavy (non-hydrogen) atoms. The Kier molecular flexibility index (Phi) is 2.16. The minimum absolute atomic E-state index is 0.507. The fraction of sp³-hybridized carbons (Fsp3) is 0.667. The van der Waals surface area contributed by atoms with Crippen LogP contribution < -0.4 is 21.2 Å². The fourth-order valence-electron chi connectivity index (χ4n) is 0.570. The minimum atomic E-state index is 0.507. The van der Waals surface area contributed by atoms with Crippen molar-refractivity contribution < 1.29 is 21.2 Å². The van der Waals surface area contributed by atoms with Crippen LogP contribution >= 0.6 is 0 Å². The summed E-state index contributed by atoms with van der Waals surface area (Å²) in [6.07, 6.45) is 3.81. The Labute approximate surface area is 55.3 Å². The number of allylic oxidation sites excluding steroid dienone is 1. The van der Waals surface area contributed by atoms with Gasteiger partial charge < -0.3 is 0 Å². The van der Waals surface area contributed by atoms with Gasteiger partial charge in [0.25, 0.3) is 0 Å². The Morgan fingerprint density at radius 1 is 1.71 bits per heavy atom. The third-order valence-corrected chi connectivity index (χ3v) is 3.33. The molecule has 1 heterocycles. The van der Waals surface area contributed by atoms with E-state index < -0.39 is 0 Å². The molecule has 0 saturated heterocycles. The second kappa shape index (κ2) is 2.70. The molecule has 1 aliphatic heterocycles. The molecular weight excluding hydrogens is 199 g/mol. The average molecular weight is 209 g/mol. The number of halogens is 1. The second-order valence-electron chi connectivity index (χ2n) is 1.93. The molecule has 1 heteroatoms. The Morgan fingerprint density at radius 2 is 2.57 bits per heavy atom. The summed E-state index contributed by atoms with van der Waals surface area (Å²) >= 11 is 0.507. The standard InChI is InChI=1S/C6H10I/c1-6-2-4-7-5-3-6/h2,4,6H,3,5H2,1H3/q-1/t6-/m0/s1. The molecule has 0 aromatic rings. The molecule has 42 valence electrons. The first-order valence-corrected chi connectivity index (χ1v) is 5.41. The Morgan fingerprint density at radius 3 is 2.86 bits per heavy atom. The van der Waals surface area contributed by atoms with Crippen molar-refractivity contribution in [1.82, 2.24) is 0 Å². The summed E-state index contributed by atoms with van der Waals surface area (Å²) in [6.45, 7) is 2.29. The van der Waals surface area contributed by atoms with E-state index in [2.05, 4.69) is 17.1 Å². The van der Waals surface area contributed by atoms with Gasteiger partial charge >= 0.3 is 55.1 Å². The summed E-state index contributed by atoms with van der Waals surface area (Å²) in [5.41, 5.74) is 0. The fourth-order valence-corrected chi connectivity index (χ4v) is 3.27. The molecule has 0 bridgehead atoms. The van der Waals surface area contributed by atoms with Crippen LogP contribution in [0.4, 0.5) is 0 Å². The third kappa shape index (κ3) is 1.80. The maximum absolute atomic E-state index is 2.40. The number of alkyl halides is 1. The first kappa shape index (κ1) is 5.60. The van der Waals surface area contributed by atoms with E-state index >= 15 is 0 Å². The number of hydrogen-bond donors (Lipinski definition) is 0. The van der Waals surface area contributed by atoms with Crippen LogP contribution in [-0.4, -0.2) is 4.43 Å². The molecule has 0 amide bonds. The van der Waals surface area contributed by atoms with Crippen molar-refractivity contribution >= 4 is 0 Å². The van der Waals surface area contributed by atoms with Gasteiger partial charge in [-0.25, -0.2) is 0 Å². The van der Waals surface area contributed by atoms with Crippen LogP contribution in [0.2, 0.25) is 0 Å². The van der Waals surface area contributed by atoms with Crippen molar-refractivity contribution in [1.29, 1.82) is 0 Å². The van der Waals surface area contributed by atoms with Gasteiger partial charge in [-0.05, 0) is 0 Å². The SMILES string of the molecule is C[C@H]1C=C[I-]CC1. The average Bonchev–Trinajstić information content (AvgIpc) is 1.69. The second-order valence-corrected chi connectivity index (χ2v) is 4.61. The van der Waals surface area contributed by atoms with Crippen LogP contribution in [0.1, 0.15) is 13.3 Å². The van der Waals surface area contributed by atoms with Crippen molar-refractivity contribution in [3.05, 3.63) is 10.2 Å². The molecule has 0 aromatic carbocycles. The van der Waals surface area contributed by atoms with Crippen molar-refractivity contribution in [2.45, 2.75) is 13.3 Å². The predicted molar refractivity (Wildman–Crippen MR) is 27.8 cm³/mol. The predicted octanol–water partition coefficient (Wildman–Crippen LogP) is -1.37. The molecule has 0 aromatic heterocycles. The normalized spacial score (nSPS) is 31.9. The first-order chi connectivity index (χ1) is 3.39. The molecule has 0 aliphatic carbocycles. The molecular formula is C6H10I-. The summed E-state index contributed by atoms with van der Waals surface area (Å²) in [4.78, 5) is 0. The quantitative estimate of drug-likeness (QED) is 0.341. The van der Waals surface area contributed by atoms with E-state index in [-0.39, 0.29) is 0 Å². The van der Waals surface area contributed by atoms with Gasteiger partial charge in [0.15, 0.2) is 0 Å². The monoisotopic (exact) mass is 209 g/mol. The van der Waals surface area contributed by atoms with E-state index in [0.29, 0.717) is 21.2 Å². The summed E-state index contributed by atoms with van der Waals surface area (Å²) in [7, 11) is 0. The van der Waals surface area contributed by atoms with Crippen LogP contribution in [0, 0.1) is 5.92 Å². The van der Waals surface area contributed by atoms with Crippen LogP contribution in [0.15, 0.2) is 10.2 Å². The van der Waals surface area contributed by atoms with Gasteiger partial charge in [0.05, 0.1) is 0 Å². The van der Waals surface area contributed by atoms with Gasteiger partial charge in [0.2, 0.25) is 0 Å². The van der Waals surface area contributed by atoms with E-state index in [4.69, 9.17) is 0 Å². The molecule has 0 saturated carbocycles. The van der Waals surface area contributed by atoms with Crippen molar-refractivity contribution in [2.75, 3.05) is 4.43 Å². The van der Waals surface area contributed by atoms with E-state index in [1.54, 1.807) is 0 Å². The van der Waals surface area contributed by atoms with Crippen molar-refractivity contribution in [3.63, 3.8) is 0 Å². The molecule has 0 fully saturated rings. The van der Waals surface area contributed by atoms with E-state index in [9.17, 15) is 0 Å². The van der Waals surface area contributed by atoms with Gasteiger partial charge in [-0.3, -0.25) is 0 Å². The molecule has 0 radical (unpaired) electrons. The topological polar surface area (TPSA) is 0 Å². The maximum atomic E-state index is 2.40. The van der Waals surface area contributed by atoms with Gasteiger partial charge in [-0.15, -0.1) is 0 Å². The van der Waals surface area contributed by atoms with E-state index in [0.717, 1.165) is 5.92 Å². The van der Waals surface area contributed by atoms with Crippen LogP contribution in [-0.2, 0) is 0 Å². The molecule has 1 atom stereocenters. The third-order valence-electron chi connectivity index (χ3n) is 1.16. The number of rotatable bonds is 0. The zero-order valence-corrected chi connectivity index (χ0v) is 6.68. The van der Waals surface area contributed by atoms with Gasteiger partial charge in [-0.2, -0.15) is 0 Å². The molecule has 0 N–H and O–H groups in total. The Hall–Kier alpha value is 0.470. The summed E-state index contributed by atoms with van der Waals surface area (Å²) in [5.74, 6) is 0.883. The molecule has 1 rings (SSSR count). The molecule has 0 spiro atoms. The van der Waals surface area contributed by atoms with Crippen LogP contribution in [0.25, 0.3) is 0 Å². The first-order valence-electron chi connectivity index (χ1n) is 2.64. The van der Waals surface area contributed by atoms with Crippen molar-refractivity contribution in [3.8, 4) is 0 Å². The number of hydrogen-bond acceptors (Lipinski definition) is 0. The molecule has 0 unspecified atom stereocenters. The molecule has 0 nitrogen and oxygen atoms in total. The zero-order chi connectivity index (χ0) is 5.11. The van der Waals surface area contributed by atoms with Gasteiger partial charge in [0, 0.05) is 0 Å². The summed E-state index contributed by atoms with van der Waals surface area (Å²) < 4.78 is 3.91. The summed E-state index contributed by atoms with van der Waals surface area (Å²) in [6, 6.07) is 0. The van der Waals surface area contributed by atoms with Gasteiger partial charge in [-0.1, -0.05) is 0 Å². The van der Waals surface area contributed by atoms with E-state index in [1.807, 2.05) is 0 Å². The van der Waals surface area contributed by atoms with Crippen LogP contribution in [0.3, 0.4) is 0 Å². The molecule has 1 aliphatic rings. The Balaban J connectivity index is 2.36. The van der Waals surface area contributed by atoms with Crippen molar-refractivity contribution in [2.24, 2.45) is 5.92 Å². The summed E-state index contributed by atoms with van der Waals surface area (Å²) in [5, 5.41) is 0. The van der Waals surface area contributed by atoms with E-state index in [1.165, 1.54) is 10.8 Å². The van der Waals surface area contributed by atoms with Gasteiger partial charge in [0.1, 0.15) is 0 Å². The van der Waals surface area contributed by atoms with Crippen LogP contribution in [0.5, 0.6) is 0 Å².